The Morgan fingerprint density at radius 2 is 1.94 bits per heavy atom. The van der Waals surface area contributed by atoms with Crippen LogP contribution in [-0.4, -0.2) is 0 Å². The predicted molar refractivity (Wildman–Crippen MR) is 70.9 cm³/mol. The molecule has 86 valence electrons. The third-order valence-electron chi connectivity index (χ3n) is 2.69. The fourth-order valence-electron chi connectivity index (χ4n) is 1.84. The van der Waals surface area contributed by atoms with Gasteiger partial charge in [0.1, 0.15) is 5.82 Å². The van der Waals surface area contributed by atoms with Gasteiger partial charge in [-0.3, -0.25) is 4.31 Å². The van der Waals surface area contributed by atoms with Gasteiger partial charge in [-0.1, -0.05) is 18.2 Å². The van der Waals surface area contributed by atoms with Crippen molar-refractivity contribution in [1.29, 1.82) is 0 Å². The molecule has 1 N–H and O–H groups in total. The van der Waals surface area contributed by atoms with Gasteiger partial charge in [-0.2, -0.15) is 0 Å². The highest BCUT2D eigenvalue weighted by Gasteiger charge is 2.23. The van der Waals surface area contributed by atoms with Crippen LogP contribution in [0.3, 0.4) is 0 Å². The van der Waals surface area contributed by atoms with Crippen LogP contribution in [0.25, 0.3) is 0 Å². The van der Waals surface area contributed by atoms with E-state index in [1.165, 1.54) is 12.1 Å². The van der Waals surface area contributed by atoms with Crippen LogP contribution in [0.15, 0.2) is 42.5 Å². The van der Waals surface area contributed by atoms with Gasteiger partial charge in [0.2, 0.25) is 0 Å². The Kier molecular flexibility index (Phi) is 2.44. The molecule has 0 atom stereocenters. The van der Waals surface area contributed by atoms with E-state index in [9.17, 15) is 4.39 Å². The van der Waals surface area contributed by atoms with Gasteiger partial charge >= 0.3 is 0 Å². The summed E-state index contributed by atoms with van der Waals surface area (Å²) in [5, 5.41) is 0. The van der Waals surface area contributed by atoms with Gasteiger partial charge in [0.05, 0.1) is 29.2 Å². The molecular formula is C13H11FN2S. The number of aryl methyl sites for hydroxylation is 1. The third-order valence-corrected chi connectivity index (χ3v) is 3.58. The van der Waals surface area contributed by atoms with Crippen LogP contribution < -0.4 is 9.03 Å². The lowest BCUT2D eigenvalue weighted by Crippen LogP contribution is -2.05. The zero-order chi connectivity index (χ0) is 11.8. The Bertz CT molecular complexity index is 571. The summed E-state index contributed by atoms with van der Waals surface area (Å²) in [5.74, 6) is -0.198. The summed E-state index contributed by atoms with van der Waals surface area (Å²) in [6, 6.07) is 13.1. The third kappa shape index (κ3) is 1.74. The molecule has 1 aliphatic heterocycles. The lowest BCUT2D eigenvalue weighted by atomic mass is 10.2. The fraction of sp³-hybridized carbons (Fsp3) is 0.0769. The molecule has 2 nitrogen and oxygen atoms in total. The maximum Gasteiger partial charge on any atom is 0.148 e. The highest BCUT2D eigenvalue weighted by molar-refractivity contribution is 8.02. The Balaban J connectivity index is 2.07. The molecule has 0 spiro atoms. The van der Waals surface area contributed by atoms with Gasteiger partial charge in [-0.15, -0.1) is 0 Å². The van der Waals surface area contributed by atoms with Crippen LogP contribution in [0.1, 0.15) is 5.56 Å². The molecule has 0 radical (unpaired) electrons. The Hall–Kier alpha value is -1.68. The summed E-state index contributed by atoms with van der Waals surface area (Å²) < 4.78 is 18.9. The number of para-hydroxylation sites is 2. The standard InChI is InChI=1S/C13H11FN2S/c1-9-6-7-12(10(14)8-9)16-13-5-3-2-4-11(13)15-17-16/h2-8,15H,1H3. The summed E-state index contributed by atoms with van der Waals surface area (Å²) in [7, 11) is 0. The Labute approximate surface area is 104 Å². The summed E-state index contributed by atoms with van der Waals surface area (Å²) in [4.78, 5) is 0. The van der Waals surface area contributed by atoms with Crippen molar-refractivity contribution in [2.45, 2.75) is 6.92 Å². The second kappa shape index (κ2) is 3.96. The molecule has 0 fully saturated rings. The van der Waals surface area contributed by atoms with Gasteiger partial charge in [-0.25, -0.2) is 4.39 Å². The average Bonchev–Trinajstić information content (AvgIpc) is 2.73. The fourth-order valence-corrected chi connectivity index (χ4v) is 2.70. The number of fused-ring (bicyclic) bond motifs is 1. The number of nitrogens with one attached hydrogen (secondary N) is 1. The largest absolute Gasteiger partial charge is 0.310 e. The predicted octanol–water partition coefficient (Wildman–Crippen LogP) is 4.26. The Morgan fingerprint density at radius 3 is 2.76 bits per heavy atom. The molecule has 0 saturated carbocycles. The van der Waals surface area contributed by atoms with E-state index in [1.54, 1.807) is 12.1 Å². The molecule has 4 heteroatoms. The van der Waals surface area contributed by atoms with E-state index in [-0.39, 0.29) is 5.82 Å². The minimum atomic E-state index is -0.198. The number of halogens is 1. The molecule has 2 aromatic rings. The maximum atomic E-state index is 13.9. The van der Waals surface area contributed by atoms with Crippen LogP contribution in [0.2, 0.25) is 0 Å². The normalized spacial score (nSPS) is 13.4. The summed E-state index contributed by atoms with van der Waals surface area (Å²) in [5.41, 5.74) is 3.51. The van der Waals surface area contributed by atoms with E-state index in [4.69, 9.17) is 0 Å². The van der Waals surface area contributed by atoms with Crippen molar-refractivity contribution in [2.75, 3.05) is 9.03 Å². The van der Waals surface area contributed by atoms with E-state index in [2.05, 4.69) is 4.72 Å². The van der Waals surface area contributed by atoms with E-state index in [1.807, 2.05) is 41.6 Å². The zero-order valence-electron chi connectivity index (χ0n) is 9.27. The van der Waals surface area contributed by atoms with E-state index >= 15 is 0 Å². The SMILES string of the molecule is Cc1ccc(N2SNc3ccccc32)c(F)c1. The number of benzene rings is 2. The summed E-state index contributed by atoms with van der Waals surface area (Å²) >= 11 is 1.39. The van der Waals surface area contributed by atoms with Crippen LogP contribution >= 0.6 is 12.1 Å². The molecule has 0 bridgehead atoms. The van der Waals surface area contributed by atoms with Crippen molar-refractivity contribution in [3.63, 3.8) is 0 Å². The van der Waals surface area contributed by atoms with Crippen LogP contribution in [0, 0.1) is 12.7 Å². The number of hydrogen-bond acceptors (Lipinski definition) is 3. The second-order valence-electron chi connectivity index (χ2n) is 3.96. The average molecular weight is 246 g/mol. The smallest absolute Gasteiger partial charge is 0.148 e. The molecule has 0 aromatic heterocycles. The monoisotopic (exact) mass is 246 g/mol. The lowest BCUT2D eigenvalue weighted by molar-refractivity contribution is 0.629. The van der Waals surface area contributed by atoms with Crippen molar-refractivity contribution in [2.24, 2.45) is 0 Å². The van der Waals surface area contributed by atoms with Crippen LogP contribution in [0.4, 0.5) is 21.5 Å². The van der Waals surface area contributed by atoms with Gasteiger partial charge in [0.15, 0.2) is 0 Å². The molecule has 3 rings (SSSR count). The Morgan fingerprint density at radius 1 is 1.12 bits per heavy atom. The first kappa shape index (κ1) is 10.5. The van der Waals surface area contributed by atoms with Crippen molar-refractivity contribution >= 4 is 29.2 Å². The van der Waals surface area contributed by atoms with Gasteiger partial charge in [0.25, 0.3) is 0 Å². The molecule has 0 unspecified atom stereocenters. The van der Waals surface area contributed by atoms with Gasteiger partial charge in [0, 0.05) is 0 Å². The highest BCUT2D eigenvalue weighted by atomic mass is 32.2. The topological polar surface area (TPSA) is 15.3 Å². The molecule has 0 amide bonds. The second-order valence-corrected chi connectivity index (χ2v) is 4.71. The van der Waals surface area contributed by atoms with Crippen LogP contribution in [-0.2, 0) is 0 Å². The summed E-state index contributed by atoms with van der Waals surface area (Å²) in [6.45, 7) is 1.89. The van der Waals surface area contributed by atoms with Crippen molar-refractivity contribution in [3.05, 3.63) is 53.8 Å². The van der Waals surface area contributed by atoms with Gasteiger partial charge in [-0.05, 0) is 36.8 Å². The quantitative estimate of drug-likeness (QED) is 0.757. The molecule has 1 aliphatic rings. The van der Waals surface area contributed by atoms with Crippen molar-refractivity contribution in [3.8, 4) is 0 Å². The molecule has 1 heterocycles. The number of rotatable bonds is 1. The van der Waals surface area contributed by atoms with E-state index in [0.717, 1.165) is 16.9 Å². The van der Waals surface area contributed by atoms with E-state index < -0.39 is 0 Å². The first-order valence-corrected chi connectivity index (χ1v) is 6.11. The molecule has 0 saturated heterocycles. The number of nitrogens with zero attached hydrogens (tertiary/aromatic N) is 1. The first-order valence-electron chi connectivity index (χ1n) is 5.34. The molecule has 0 aliphatic carbocycles. The molecular weight excluding hydrogens is 235 g/mol. The van der Waals surface area contributed by atoms with Crippen LogP contribution in [0.5, 0.6) is 0 Å². The molecule has 2 aromatic carbocycles. The molecule has 17 heavy (non-hydrogen) atoms. The van der Waals surface area contributed by atoms with E-state index in [0.29, 0.717) is 5.69 Å². The minimum Gasteiger partial charge on any atom is -0.310 e. The zero-order valence-corrected chi connectivity index (χ0v) is 10.1. The van der Waals surface area contributed by atoms with Gasteiger partial charge < -0.3 is 4.72 Å². The number of anilines is 3. The highest BCUT2D eigenvalue weighted by Crippen LogP contribution is 2.44. The lowest BCUT2D eigenvalue weighted by Gasteiger charge is -2.16. The minimum absolute atomic E-state index is 0.198. The maximum absolute atomic E-state index is 13.9. The summed E-state index contributed by atoms with van der Waals surface area (Å²) in [6.07, 6.45) is 0. The number of hydrogen-bond donors (Lipinski definition) is 1. The first-order chi connectivity index (χ1) is 8.25. The van der Waals surface area contributed by atoms with Crippen molar-refractivity contribution in [1.82, 2.24) is 0 Å². The van der Waals surface area contributed by atoms with Crippen molar-refractivity contribution < 1.29 is 4.39 Å².